The Hall–Kier alpha value is -0.580. The van der Waals surface area contributed by atoms with Crippen molar-refractivity contribution in [3.8, 4) is 0 Å². The molecule has 3 atom stereocenters. The molecule has 0 aromatic heterocycles. The summed E-state index contributed by atoms with van der Waals surface area (Å²) in [5.74, 6) is 0.150. The van der Waals surface area contributed by atoms with Gasteiger partial charge in [0.25, 0.3) is 0 Å². The second-order valence-electron chi connectivity index (χ2n) is 6.22. The first-order valence-electron chi connectivity index (χ1n) is 6.08. The average molecular weight is 242 g/mol. The van der Waals surface area contributed by atoms with Crippen LogP contribution in [0.25, 0.3) is 0 Å². The van der Waals surface area contributed by atoms with E-state index in [-0.39, 0.29) is 17.6 Å². The summed E-state index contributed by atoms with van der Waals surface area (Å²) in [5.41, 5.74) is -0.112. The molecule has 1 saturated heterocycles. The molecule has 0 spiro atoms. The van der Waals surface area contributed by atoms with Gasteiger partial charge in [0, 0.05) is 5.41 Å². The van der Waals surface area contributed by atoms with Crippen LogP contribution >= 0.6 is 0 Å². The number of allylic oxidation sites excluding steroid dienone is 1. The highest BCUT2D eigenvalue weighted by Crippen LogP contribution is 2.36. The van der Waals surface area contributed by atoms with Crippen molar-refractivity contribution < 1.29 is 19.3 Å². The maximum absolute atomic E-state index is 10.1. The fraction of sp³-hybridized carbons (Fsp3) is 0.846. The summed E-state index contributed by atoms with van der Waals surface area (Å²) in [6.45, 7) is 10.3. The lowest BCUT2D eigenvalue weighted by atomic mass is 9.89. The highest BCUT2D eigenvalue weighted by Gasteiger charge is 2.45. The Morgan fingerprint density at radius 1 is 1.35 bits per heavy atom. The lowest BCUT2D eigenvalue weighted by Crippen LogP contribution is -2.56. The molecule has 1 N–H and O–H groups in total. The lowest BCUT2D eigenvalue weighted by molar-refractivity contribution is -0.322. The highest BCUT2D eigenvalue weighted by atomic mass is 16.7. The van der Waals surface area contributed by atoms with E-state index in [1.54, 1.807) is 6.08 Å². The molecular weight excluding hydrogens is 220 g/mol. The number of hydrogen-bond donors (Lipinski definition) is 1. The van der Waals surface area contributed by atoms with E-state index in [9.17, 15) is 5.11 Å². The van der Waals surface area contributed by atoms with Crippen LogP contribution in [-0.2, 0) is 14.2 Å². The van der Waals surface area contributed by atoms with E-state index in [4.69, 9.17) is 14.2 Å². The largest absolute Gasteiger partial charge is 0.489 e. The summed E-state index contributed by atoms with van der Waals surface area (Å²) in [6.07, 6.45) is 0.552. The molecule has 1 fully saturated rings. The van der Waals surface area contributed by atoms with E-state index >= 15 is 0 Å². The molecule has 98 valence electrons. The van der Waals surface area contributed by atoms with Gasteiger partial charge in [0.2, 0.25) is 0 Å². The van der Waals surface area contributed by atoms with Gasteiger partial charge in [-0.1, -0.05) is 20.8 Å². The van der Waals surface area contributed by atoms with E-state index in [0.29, 0.717) is 6.61 Å². The first-order valence-corrected chi connectivity index (χ1v) is 6.08. The minimum absolute atomic E-state index is 0.112. The lowest BCUT2D eigenvalue weighted by Gasteiger charge is -2.46. The molecule has 0 radical (unpaired) electrons. The van der Waals surface area contributed by atoms with Gasteiger partial charge in [0.1, 0.15) is 18.0 Å². The molecule has 0 aromatic carbocycles. The smallest absolute Gasteiger partial charge is 0.163 e. The van der Waals surface area contributed by atoms with Gasteiger partial charge < -0.3 is 19.3 Å². The van der Waals surface area contributed by atoms with Crippen LogP contribution in [0, 0.1) is 5.41 Å². The van der Waals surface area contributed by atoms with Gasteiger partial charge in [-0.25, -0.2) is 0 Å². The molecule has 0 saturated carbocycles. The molecule has 4 nitrogen and oxygen atoms in total. The number of hydrogen-bond acceptors (Lipinski definition) is 4. The van der Waals surface area contributed by atoms with Crippen molar-refractivity contribution in [2.45, 2.75) is 58.7 Å². The number of rotatable bonds is 0. The molecule has 0 aliphatic carbocycles. The van der Waals surface area contributed by atoms with E-state index in [2.05, 4.69) is 20.8 Å². The molecule has 2 rings (SSSR count). The topological polar surface area (TPSA) is 47.9 Å². The van der Waals surface area contributed by atoms with Crippen molar-refractivity contribution in [2.75, 3.05) is 6.61 Å². The van der Waals surface area contributed by atoms with Gasteiger partial charge in [0.15, 0.2) is 11.9 Å². The molecule has 0 amide bonds. The maximum Gasteiger partial charge on any atom is 0.163 e. The first kappa shape index (κ1) is 12.9. The molecule has 4 heteroatoms. The Labute approximate surface area is 103 Å². The van der Waals surface area contributed by atoms with Crippen LogP contribution in [0.5, 0.6) is 0 Å². The molecule has 0 bridgehead atoms. The SMILES string of the molecule is CC1(C)OC[C@H]2OC(C(C)(C)C)=C[C@@H](O)[C@@H]2O1. The Bertz CT molecular complexity index is 327. The van der Waals surface area contributed by atoms with Crippen molar-refractivity contribution >= 4 is 0 Å². The van der Waals surface area contributed by atoms with Gasteiger partial charge in [-0.3, -0.25) is 0 Å². The minimum Gasteiger partial charge on any atom is -0.489 e. The van der Waals surface area contributed by atoms with Crippen LogP contribution in [0.2, 0.25) is 0 Å². The summed E-state index contributed by atoms with van der Waals surface area (Å²) >= 11 is 0. The number of fused-ring (bicyclic) bond motifs is 1. The van der Waals surface area contributed by atoms with Crippen molar-refractivity contribution in [1.29, 1.82) is 0 Å². The third-order valence-electron chi connectivity index (χ3n) is 3.06. The van der Waals surface area contributed by atoms with Crippen LogP contribution in [-0.4, -0.2) is 35.8 Å². The summed E-state index contributed by atoms with van der Waals surface area (Å²) < 4.78 is 17.1. The molecule has 0 unspecified atom stereocenters. The third-order valence-corrected chi connectivity index (χ3v) is 3.06. The second kappa shape index (κ2) is 3.97. The van der Waals surface area contributed by atoms with Crippen LogP contribution < -0.4 is 0 Å². The van der Waals surface area contributed by atoms with Crippen molar-refractivity contribution in [3.63, 3.8) is 0 Å². The standard InChI is InChI=1S/C13H22O4/c1-12(2,3)10-6-8(14)11-9(16-10)7-15-13(4,5)17-11/h6,8-9,11,14H,7H2,1-5H3/t8-,9-,11+/m1/s1. The number of aliphatic hydroxyl groups is 1. The Morgan fingerprint density at radius 3 is 2.59 bits per heavy atom. The Balaban J connectivity index is 2.19. The van der Waals surface area contributed by atoms with Gasteiger partial charge in [0.05, 0.1) is 6.61 Å². The van der Waals surface area contributed by atoms with Gasteiger partial charge in [-0.15, -0.1) is 0 Å². The zero-order chi connectivity index (χ0) is 12.8. The predicted octanol–water partition coefficient (Wildman–Crippen LogP) is 1.83. The van der Waals surface area contributed by atoms with Gasteiger partial charge >= 0.3 is 0 Å². The van der Waals surface area contributed by atoms with E-state index in [1.807, 2.05) is 13.8 Å². The zero-order valence-electron chi connectivity index (χ0n) is 11.2. The molecular formula is C13H22O4. The Morgan fingerprint density at radius 2 is 2.00 bits per heavy atom. The quantitative estimate of drug-likeness (QED) is 0.704. The first-order chi connectivity index (χ1) is 7.69. The molecule has 2 heterocycles. The maximum atomic E-state index is 10.1. The summed E-state index contributed by atoms with van der Waals surface area (Å²) in [6, 6.07) is 0. The second-order valence-corrected chi connectivity index (χ2v) is 6.22. The van der Waals surface area contributed by atoms with Gasteiger partial charge in [-0.2, -0.15) is 0 Å². The molecule has 17 heavy (non-hydrogen) atoms. The average Bonchev–Trinajstić information content (AvgIpc) is 2.16. The fourth-order valence-corrected chi connectivity index (χ4v) is 2.09. The van der Waals surface area contributed by atoms with E-state index in [0.717, 1.165) is 5.76 Å². The fourth-order valence-electron chi connectivity index (χ4n) is 2.09. The summed E-state index contributed by atoms with van der Waals surface area (Å²) in [5, 5.41) is 10.1. The summed E-state index contributed by atoms with van der Waals surface area (Å²) in [7, 11) is 0. The normalized spacial score (nSPS) is 36.8. The molecule has 0 aromatic rings. The van der Waals surface area contributed by atoms with Crippen molar-refractivity contribution in [2.24, 2.45) is 5.41 Å². The Kier molecular flexibility index (Phi) is 3.00. The summed E-state index contributed by atoms with van der Waals surface area (Å²) in [4.78, 5) is 0. The minimum atomic E-state index is -0.654. The van der Waals surface area contributed by atoms with E-state index < -0.39 is 11.9 Å². The van der Waals surface area contributed by atoms with Crippen LogP contribution in [0.1, 0.15) is 34.6 Å². The third kappa shape index (κ3) is 2.64. The van der Waals surface area contributed by atoms with Gasteiger partial charge in [-0.05, 0) is 19.9 Å². The monoisotopic (exact) mass is 242 g/mol. The molecule has 2 aliphatic heterocycles. The van der Waals surface area contributed by atoms with Crippen LogP contribution in [0.3, 0.4) is 0 Å². The molecule has 2 aliphatic rings. The predicted molar refractivity (Wildman–Crippen MR) is 63.3 cm³/mol. The zero-order valence-corrected chi connectivity index (χ0v) is 11.2. The van der Waals surface area contributed by atoms with Crippen LogP contribution in [0.4, 0.5) is 0 Å². The van der Waals surface area contributed by atoms with Crippen LogP contribution in [0.15, 0.2) is 11.8 Å². The highest BCUT2D eigenvalue weighted by molar-refractivity contribution is 5.13. The number of aliphatic hydroxyl groups excluding tert-OH is 1. The number of ether oxygens (including phenoxy) is 3. The van der Waals surface area contributed by atoms with Crippen molar-refractivity contribution in [1.82, 2.24) is 0 Å². The van der Waals surface area contributed by atoms with Crippen molar-refractivity contribution in [3.05, 3.63) is 11.8 Å². The van der Waals surface area contributed by atoms with E-state index in [1.165, 1.54) is 0 Å².